The molecule has 0 unspecified atom stereocenters. The van der Waals surface area contributed by atoms with Crippen LogP contribution in [0.25, 0.3) is 41.8 Å². The van der Waals surface area contributed by atoms with Gasteiger partial charge in [-0.05, 0) is 78.9 Å². The molecule has 45 heavy (non-hydrogen) atoms. The Morgan fingerprint density at radius 1 is 0.444 bits per heavy atom. The number of azide groups is 4. The topological polar surface area (TPSA) is 300 Å². The summed E-state index contributed by atoms with van der Waals surface area (Å²) in [5.41, 5.74) is 32.7. The van der Waals surface area contributed by atoms with Gasteiger partial charge >= 0.3 is 23.9 Å². The summed E-state index contributed by atoms with van der Waals surface area (Å²) < 4.78 is 21.5. The molecule has 0 N–H and O–H groups in total. The molecule has 0 rings (SSSR count). The third-order valence-corrected chi connectivity index (χ3v) is 6.39. The minimum absolute atomic E-state index is 0.0271. The van der Waals surface area contributed by atoms with Gasteiger partial charge in [0.25, 0.3) is 0 Å². The molecule has 0 saturated heterocycles. The molecular weight excluding hydrogens is 596 g/mol. The van der Waals surface area contributed by atoms with E-state index >= 15 is 0 Å². The van der Waals surface area contributed by atoms with Crippen LogP contribution in [0.1, 0.15) is 77.0 Å². The SMILES string of the molecule is [N-]=[N+]=NCCCC(=O)OCCC(CCOC(=O)CCCN=[N+]=[N-])(CCOC(=O)CCCN=[N+]=[N-])CCOC(=O)CCCN=[N+]=[N-]. The maximum Gasteiger partial charge on any atom is 0.305 e. The molecule has 0 radical (unpaired) electrons. The molecule has 0 saturated carbocycles. The zero-order chi connectivity index (χ0) is 33.4. The quantitative estimate of drug-likeness (QED) is 0.0241. The Labute approximate surface area is 259 Å². The Hall–Kier alpha value is -4.88. The maximum absolute atomic E-state index is 12.2. The van der Waals surface area contributed by atoms with Crippen molar-refractivity contribution in [1.29, 1.82) is 0 Å². The van der Waals surface area contributed by atoms with Gasteiger partial charge < -0.3 is 18.9 Å². The van der Waals surface area contributed by atoms with Crippen LogP contribution in [0.15, 0.2) is 20.5 Å². The highest BCUT2D eigenvalue weighted by molar-refractivity contribution is 5.70. The molecule has 20 nitrogen and oxygen atoms in total. The number of carbonyl (C=O) groups is 4. The van der Waals surface area contributed by atoms with Crippen molar-refractivity contribution in [3.05, 3.63) is 41.8 Å². The number of nitrogens with zero attached hydrogens (tertiary/aromatic N) is 12. The van der Waals surface area contributed by atoms with E-state index in [1.54, 1.807) is 0 Å². The molecule has 248 valence electrons. The standard InChI is InChI=1S/C25H40N12O8/c26-34-30-13-1-5-21(38)42-17-9-25(10-18-43-22(39)6-2-14-31-35-27,11-19-44-23(40)7-3-15-32-36-28)12-20-45-24(41)8-4-16-33-37-29/h1-20H2. The lowest BCUT2D eigenvalue weighted by Crippen LogP contribution is -2.30. The third kappa shape index (κ3) is 24.3. The van der Waals surface area contributed by atoms with E-state index in [0.29, 0.717) is 25.7 Å². The number of hydrogen-bond donors (Lipinski definition) is 0. The predicted molar refractivity (Wildman–Crippen MR) is 158 cm³/mol. The minimum Gasteiger partial charge on any atom is -0.466 e. The third-order valence-electron chi connectivity index (χ3n) is 6.39. The van der Waals surface area contributed by atoms with Crippen LogP contribution < -0.4 is 0 Å². The Morgan fingerprint density at radius 3 is 0.867 bits per heavy atom. The van der Waals surface area contributed by atoms with E-state index in [1.165, 1.54) is 0 Å². The molecule has 20 heteroatoms. The van der Waals surface area contributed by atoms with Gasteiger partial charge in [-0.3, -0.25) is 19.2 Å². The Balaban J connectivity index is 5.50. The number of carbonyl (C=O) groups excluding carboxylic acids is 4. The second-order valence-electron chi connectivity index (χ2n) is 9.61. The highest BCUT2D eigenvalue weighted by Crippen LogP contribution is 2.36. The number of esters is 4. The molecule has 0 heterocycles. The lowest BCUT2D eigenvalue weighted by molar-refractivity contribution is -0.146. The summed E-state index contributed by atoms with van der Waals surface area (Å²) in [4.78, 5) is 59.3. The smallest absolute Gasteiger partial charge is 0.305 e. The van der Waals surface area contributed by atoms with Crippen LogP contribution in [0.3, 0.4) is 0 Å². The summed E-state index contributed by atoms with van der Waals surface area (Å²) in [6.45, 7) is 0.472. The fraction of sp³-hybridized carbons (Fsp3) is 0.840. The van der Waals surface area contributed by atoms with E-state index in [4.69, 9.17) is 41.1 Å². The number of hydrogen-bond acceptors (Lipinski definition) is 12. The molecule has 0 aliphatic carbocycles. The van der Waals surface area contributed by atoms with Gasteiger partial charge in [0.15, 0.2) is 0 Å². The molecule has 0 spiro atoms. The highest BCUT2D eigenvalue weighted by Gasteiger charge is 2.31. The lowest BCUT2D eigenvalue weighted by Gasteiger charge is -2.33. The molecular formula is C25H40N12O8. The molecule has 0 aromatic heterocycles. The molecule has 0 aliphatic heterocycles. The largest absolute Gasteiger partial charge is 0.466 e. The summed E-state index contributed by atoms with van der Waals surface area (Å²) in [7, 11) is 0. The van der Waals surface area contributed by atoms with E-state index in [1.807, 2.05) is 0 Å². The predicted octanol–water partition coefficient (Wildman–Crippen LogP) is 6.07. The Bertz CT molecular complexity index is 938. The summed E-state index contributed by atoms with van der Waals surface area (Å²) in [5.74, 6) is -1.99. The van der Waals surface area contributed by atoms with Crippen molar-refractivity contribution >= 4 is 23.9 Å². The van der Waals surface area contributed by atoms with Gasteiger partial charge in [0.05, 0.1) is 26.4 Å². The average molecular weight is 637 g/mol. The first-order valence-corrected chi connectivity index (χ1v) is 14.5. The van der Waals surface area contributed by atoms with Crippen molar-refractivity contribution in [2.75, 3.05) is 52.6 Å². The van der Waals surface area contributed by atoms with Crippen molar-refractivity contribution in [3.8, 4) is 0 Å². The van der Waals surface area contributed by atoms with Crippen molar-refractivity contribution in [2.45, 2.75) is 77.0 Å². The van der Waals surface area contributed by atoms with E-state index in [0.717, 1.165) is 0 Å². The number of rotatable bonds is 28. The van der Waals surface area contributed by atoms with Crippen molar-refractivity contribution in [1.82, 2.24) is 0 Å². The van der Waals surface area contributed by atoms with Crippen molar-refractivity contribution in [3.63, 3.8) is 0 Å². The first kappa shape index (κ1) is 40.1. The molecule has 0 fully saturated rings. The fourth-order valence-electron chi connectivity index (χ4n) is 3.92. The van der Waals surface area contributed by atoms with Crippen LogP contribution in [0.4, 0.5) is 0 Å². The average Bonchev–Trinajstić information content (AvgIpc) is 3.02. The second kappa shape index (κ2) is 27.9. The van der Waals surface area contributed by atoms with Crippen LogP contribution in [-0.4, -0.2) is 76.5 Å². The summed E-state index contributed by atoms with van der Waals surface area (Å²) in [5, 5.41) is 13.5. The summed E-state index contributed by atoms with van der Waals surface area (Å²) in [6.07, 6.45) is 2.45. The lowest BCUT2D eigenvalue weighted by atomic mass is 9.76. The molecule has 0 aromatic carbocycles. The maximum atomic E-state index is 12.2. The minimum atomic E-state index is -0.756. The van der Waals surface area contributed by atoms with Gasteiger partial charge in [-0.2, -0.15) is 0 Å². The first-order chi connectivity index (χ1) is 21.8. The molecule has 0 atom stereocenters. The van der Waals surface area contributed by atoms with Crippen molar-refractivity contribution < 1.29 is 38.1 Å². The van der Waals surface area contributed by atoms with Gasteiger partial charge in [-0.1, -0.05) is 20.5 Å². The first-order valence-electron chi connectivity index (χ1n) is 14.5. The molecule has 0 bridgehead atoms. The normalized spacial score (nSPS) is 11.2. The van der Waals surface area contributed by atoms with Crippen molar-refractivity contribution in [2.24, 2.45) is 25.9 Å². The zero-order valence-electron chi connectivity index (χ0n) is 25.3. The second-order valence-corrected chi connectivity index (χ2v) is 9.61. The summed E-state index contributed by atoms with van der Waals surface area (Å²) in [6, 6.07) is 0. The Morgan fingerprint density at radius 2 is 0.667 bits per heavy atom. The zero-order valence-corrected chi connectivity index (χ0v) is 25.3. The fourth-order valence-corrected chi connectivity index (χ4v) is 3.92. The highest BCUT2D eigenvalue weighted by atomic mass is 16.5. The monoisotopic (exact) mass is 636 g/mol. The van der Waals surface area contributed by atoms with Crippen LogP contribution in [0, 0.1) is 5.41 Å². The van der Waals surface area contributed by atoms with Gasteiger partial charge in [-0.25, -0.2) is 0 Å². The van der Waals surface area contributed by atoms with Crippen LogP contribution in [0.2, 0.25) is 0 Å². The van der Waals surface area contributed by atoms with E-state index < -0.39 is 29.3 Å². The molecule has 0 aliphatic rings. The molecule has 0 amide bonds. The van der Waals surface area contributed by atoms with Gasteiger partial charge in [0.1, 0.15) is 0 Å². The van der Waals surface area contributed by atoms with E-state index in [9.17, 15) is 19.2 Å². The molecule has 0 aromatic rings. The van der Waals surface area contributed by atoms with Crippen LogP contribution in [0.5, 0.6) is 0 Å². The van der Waals surface area contributed by atoms with Gasteiger partial charge in [0.2, 0.25) is 0 Å². The van der Waals surface area contributed by atoms with Gasteiger partial charge in [-0.15, -0.1) is 0 Å². The van der Waals surface area contributed by atoms with E-state index in [-0.39, 0.29) is 104 Å². The van der Waals surface area contributed by atoms with E-state index in [2.05, 4.69) is 40.1 Å². The summed E-state index contributed by atoms with van der Waals surface area (Å²) >= 11 is 0. The van der Waals surface area contributed by atoms with Crippen LogP contribution >= 0.6 is 0 Å². The van der Waals surface area contributed by atoms with Gasteiger partial charge in [0, 0.05) is 71.5 Å². The van der Waals surface area contributed by atoms with Crippen LogP contribution in [-0.2, 0) is 38.1 Å². The number of ether oxygens (including phenoxy) is 4. The Kier molecular flexibility index (Phi) is 24.9.